The number of carboxylic acid groups (broad SMARTS) is 1. The topological polar surface area (TPSA) is 102 Å². The zero-order valence-corrected chi connectivity index (χ0v) is 16.6. The monoisotopic (exact) mass is 383 g/mol. The first-order valence-electron chi connectivity index (χ1n) is 9.21. The van der Waals surface area contributed by atoms with Crippen LogP contribution in [-0.4, -0.2) is 69.6 Å². The van der Waals surface area contributed by atoms with Gasteiger partial charge in [-0.05, 0) is 40.7 Å². The van der Waals surface area contributed by atoms with Crippen LogP contribution in [0, 0.1) is 5.92 Å². The standard InChI is InChI=1S/C18H29N3O4S/c1-9(22)14-12-6-13(15(17(24)25)21(12)16(14)23)26-11-5-10(20-8-11)7-18(2,3)19-4/h9-12,14,19-20,22H,5-8H2,1-4H3,(H,24,25)/t9-,10+,11+,12-,14-/m1/s1. The Morgan fingerprint density at radius 1 is 1.50 bits per heavy atom. The molecule has 26 heavy (non-hydrogen) atoms. The molecule has 4 N–H and O–H groups in total. The molecule has 3 aliphatic heterocycles. The van der Waals surface area contributed by atoms with Gasteiger partial charge in [-0.3, -0.25) is 4.79 Å². The van der Waals surface area contributed by atoms with Crippen LogP contribution in [0.3, 0.4) is 0 Å². The van der Waals surface area contributed by atoms with Gasteiger partial charge in [-0.2, -0.15) is 0 Å². The fraction of sp³-hybridized carbons (Fsp3) is 0.778. The molecule has 0 saturated carbocycles. The van der Waals surface area contributed by atoms with Crippen molar-refractivity contribution in [2.45, 2.75) is 69.0 Å². The highest BCUT2D eigenvalue weighted by Crippen LogP contribution is 2.48. The number of carbonyl (C=O) groups is 2. The van der Waals surface area contributed by atoms with Crippen LogP contribution in [0.5, 0.6) is 0 Å². The lowest BCUT2D eigenvalue weighted by Gasteiger charge is -2.44. The molecule has 0 spiro atoms. The molecule has 0 aromatic rings. The number of thioether (sulfide) groups is 1. The van der Waals surface area contributed by atoms with E-state index in [1.54, 1.807) is 18.7 Å². The van der Waals surface area contributed by atoms with Gasteiger partial charge in [0, 0.05) is 34.7 Å². The number of aliphatic carboxylic acids is 1. The van der Waals surface area contributed by atoms with E-state index in [-0.39, 0.29) is 23.2 Å². The average Bonchev–Trinajstić information content (AvgIpc) is 3.09. The second-order valence-electron chi connectivity index (χ2n) is 8.24. The first-order chi connectivity index (χ1) is 12.1. The molecule has 3 aliphatic rings. The van der Waals surface area contributed by atoms with E-state index in [0.29, 0.717) is 17.7 Å². The molecule has 2 saturated heterocycles. The minimum Gasteiger partial charge on any atom is -0.477 e. The third-order valence-corrected chi connectivity index (χ3v) is 7.15. The van der Waals surface area contributed by atoms with Crippen molar-refractivity contribution in [2.75, 3.05) is 13.6 Å². The summed E-state index contributed by atoms with van der Waals surface area (Å²) in [4.78, 5) is 26.2. The predicted octanol–water partition coefficient (Wildman–Crippen LogP) is 0.746. The minimum atomic E-state index is -1.05. The lowest BCUT2D eigenvalue weighted by atomic mass is 9.83. The first-order valence-corrected chi connectivity index (χ1v) is 10.1. The number of carboxylic acids is 1. The van der Waals surface area contributed by atoms with E-state index in [1.165, 1.54) is 4.90 Å². The van der Waals surface area contributed by atoms with Gasteiger partial charge in [-0.1, -0.05) is 0 Å². The van der Waals surface area contributed by atoms with Gasteiger partial charge in [0.1, 0.15) is 5.70 Å². The van der Waals surface area contributed by atoms with E-state index < -0.39 is 18.0 Å². The Labute approximate surface area is 158 Å². The van der Waals surface area contributed by atoms with Crippen LogP contribution in [0.15, 0.2) is 10.6 Å². The van der Waals surface area contributed by atoms with Gasteiger partial charge >= 0.3 is 5.97 Å². The molecule has 2 fully saturated rings. The maximum Gasteiger partial charge on any atom is 0.353 e. The second kappa shape index (κ2) is 7.14. The number of hydrogen-bond acceptors (Lipinski definition) is 6. The zero-order chi connectivity index (χ0) is 19.2. The Balaban J connectivity index is 1.67. The molecule has 1 amide bonds. The van der Waals surface area contributed by atoms with Gasteiger partial charge in [0.25, 0.3) is 0 Å². The highest BCUT2D eigenvalue weighted by atomic mass is 32.2. The van der Waals surface area contributed by atoms with Crippen molar-refractivity contribution in [3.8, 4) is 0 Å². The molecule has 0 bridgehead atoms. The summed E-state index contributed by atoms with van der Waals surface area (Å²) >= 11 is 1.59. The average molecular weight is 384 g/mol. The van der Waals surface area contributed by atoms with Crippen molar-refractivity contribution in [1.82, 2.24) is 15.5 Å². The summed E-state index contributed by atoms with van der Waals surface area (Å²) in [5.74, 6) is -1.80. The number of fused-ring (bicyclic) bond motifs is 1. The van der Waals surface area contributed by atoms with Crippen LogP contribution in [-0.2, 0) is 9.59 Å². The number of β-lactam (4-membered cyclic amide) rings is 1. The van der Waals surface area contributed by atoms with Crippen molar-refractivity contribution in [3.63, 3.8) is 0 Å². The van der Waals surface area contributed by atoms with Crippen LogP contribution < -0.4 is 10.6 Å². The quantitative estimate of drug-likeness (QED) is 0.481. The molecule has 0 aromatic carbocycles. The van der Waals surface area contributed by atoms with Crippen LogP contribution in [0.4, 0.5) is 0 Å². The number of aliphatic hydroxyl groups excluding tert-OH is 1. The van der Waals surface area contributed by atoms with Gasteiger partial charge in [0.05, 0.1) is 18.1 Å². The lowest BCUT2D eigenvalue weighted by molar-refractivity contribution is -0.161. The van der Waals surface area contributed by atoms with Crippen LogP contribution >= 0.6 is 11.8 Å². The molecule has 8 heteroatoms. The number of carbonyl (C=O) groups excluding carboxylic acids is 1. The van der Waals surface area contributed by atoms with E-state index in [9.17, 15) is 19.8 Å². The summed E-state index contributed by atoms with van der Waals surface area (Å²) in [5.41, 5.74) is 0.179. The van der Waals surface area contributed by atoms with Crippen molar-refractivity contribution in [2.24, 2.45) is 5.92 Å². The summed E-state index contributed by atoms with van der Waals surface area (Å²) in [6.45, 7) is 6.78. The molecule has 0 unspecified atom stereocenters. The molecule has 146 valence electrons. The first kappa shape index (κ1) is 19.7. The molecule has 0 radical (unpaired) electrons. The molecule has 3 heterocycles. The molecular weight excluding hydrogens is 354 g/mol. The van der Waals surface area contributed by atoms with Gasteiger partial charge in [0.15, 0.2) is 0 Å². The number of aliphatic hydroxyl groups is 1. The minimum absolute atomic E-state index is 0.0534. The van der Waals surface area contributed by atoms with Gasteiger partial charge < -0.3 is 25.7 Å². The number of nitrogens with one attached hydrogen (secondary N) is 2. The van der Waals surface area contributed by atoms with E-state index in [4.69, 9.17) is 0 Å². The largest absolute Gasteiger partial charge is 0.477 e. The van der Waals surface area contributed by atoms with Crippen LogP contribution in [0.1, 0.15) is 40.0 Å². The molecule has 3 rings (SSSR count). The summed E-state index contributed by atoms with van der Waals surface area (Å²) in [6.07, 6.45) is 1.77. The smallest absolute Gasteiger partial charge is 0.353 e. The lowest BCUT2D eigenvalue weighted by Crippen LogP contribution is -2.61. The fourth-order valence-corrected chi connectivity index (χ4v) is 5.76. The Morgan fingerprint density at radius 3 is 2.77 bits per heavy atom. The number of amides is 1. The molecule has 0 aromatic heterocycles. The summed E-state index contributed by atoms with van der Waals surface area (Å²) in [5, 5.41) is 26.6. The maximum absolute atomic E-state index is 12.3. The number of rotatable bonds is 7. The number of nitrogens with zero attached hydrogens (tertiary/aromatic N) is 1. The van der Waals surface area contributed by atoms with E-state index in [2.05, 4.69) is 24.5 Å². The third-order valence-electron chi connectivity index (χ3n) is 5.81. The second-order valence-corrected chi connectivity index (χ2v) is 9.64. The molecule has 7 nitrogen and oxygen atoms in total. The van der Waals surface area contributed by atoms with E-state index in [0.717, 1.165) is 24.3 Å². The summed E-state index contributed by atoms with van der Waals surface area (Å²) in [7, 11) is 1.96. The Bertz CT molecular complexity index is 634. The Hall–Kier alpha value is -1.09. The maximum atomic E-state index is 12.3. The SMILES string of the molecule is CNC(C)(C)C[C@@H]1C[C@H](SC2=C(C(=O)O)N3C(=O)[C@H]([C@@H](C)O)[C@H]3C2)CN1. The zero-order valence-electron chi connectivity index (χ0n) is 15.8. The van der Waals surface area contributed by atoms with E-state index in [1.807, 2.05) is 7.05 Å². The Kier molecular flexibility index (Phi) is 5.40. The van der Waals surface area contributed by atoms with Crippen molar-refractivity contribution in [1.29, 1.82) is 0 Å². The van der Waals surface area contributed by atoms with E-state index >= 15 is 0 Å². The molecule has 5 atom stereocenters. The summed E-state index contributed by atoms with van der Waals surface area (Å²) in [6, 6.07) is 0.193. The molecular formula is C18H29N3O4S. The van der Waals surface area contributed by atoms with Crippen molar-refractivity contribution >= 4 is 23.6 Å². The fourth-order valence-electron chi connectivity index (χ4n) is 4.28. The van der Waals surface area contributed by atoms with Gasteiger partial charge in [-0.25, -0.2) is 4.79 Å². The highest BCUT2D eigenvalue weighted by Gasteiger charge is 2.57. The number of hydrogen-bond donors (Lipinski definition) is 4. The van der Waals surface area contributed by atoms with Crippen molar-refractivity contribution in [3.05, 3.63) is 10.6 Å². The van der Waals surface area contributed by atoms with Gasteiger partial charge in [0.2, 0.25) is 5.91 Å². The predicted molar refractivity (Wildman–Crippen MR) is 101 cm³/mol. The Morgan fingerprint density at radius 2 is 2.19 bits per heavy atom. The van der Waals surface area contributed by atoms with Crippen molar-refractivity contribution < 1.29 is 19.8 Å². The van der Waals surface area contributed by atoms with Gasteiger partial charge in [-0.15, -0.1) is 11.8 Å². The highest BCUT2D eigenvalue weighted by molar-refractivity contribution is 8.03. The molecule has 0 aliphatic carbocycles. The normalized spacial score (nSPS) is 32.7. The third kappa shape index (κ3) is 3.52. The van der Waals surface area contributed by atoms with Crippen LogP contribution in [0.25, 0.3) is 0 Å². The van der Waals surface area contributed by atoms with Crippen LogP contribution in [0.2, 0.25) is 0 Å². The summed E-state index contributed by atoms with van der Waals surface area (Å²) < 4.78 is 0.